The number of pyridine rings is 1. The molecule has 2 aromatic heterocycles. The van der Waals surface area contributed by atoms with Gasteiger partial charge < -0.3 is 5.11 Å². The molecule has 5 nitrogen and oxygen atoms in total. The van der Waals surface area contributed by atoms with Gasteiger partial charge in [-0.15, -0.1) is 0 Å². The molecule has 24 heavy (non-hydrogen) atoms. The van der Waals surface area contributed by atoms with E-state index in [0.29, 0.717) is 15.7 Å². The van der Waals surface area contributed by atoms with Crippen LogP contribution in [-0.4, -0.2) is 25.6 Å². The normalized spacial score (nSPS) is 12.0. The van der Waals surface area contributed by atoms with Crippen LogP contribution in [0, 0.1) is 6.92 Å². The molecule has 0 aliphatic heterocycles. The highest BCUT2D eigenvalue weighted by Gasteiger charge is 2.32. The Morgan fingerprint density at radius 2 is 1.92 bits per heavy atom. The van der Waals surface area contributed by atoms with Gasteiger partial charge in [0.2, 0.25) is 0 Å². The highest BCUT2D eigenvalue weighted by Crippen LogP contribution is 2.35. The highest BCUT2D eigenvalue weighted by molar-refractivity contribution is 5.90. The van der Waals surface area contributed by atoms with Crippen molar-refractivity contribution in [1.82, 2.24) is 14.3 Å². The van der Waals surface area contributed by atoms with E-state index in [1.807, 2.05) is 0 Å². The van der Waals surface area contributed by atoms with E-state index >= 15 is 0 Å². The summed E-state index contributed by atoms with van der Waals surface area (Å²) in [6, 6.07) is 6.71. The number of halogens is 3. The molecule has 0 aliphatic carbocycles. The zero-order valence-electron chi connectivity index (χ0n) is 12.9. The Morgan fingerprint density at radius 1 is 1.25 bits per heavy atom. The molecule has 0 saturated carbocycles. The van der Waals surface area contributed by atoms with Gasteiger partial charge in [0.25, 0.3) is 5.56 Å². The minimum atomic E-state index is -4.58. The number of aromatic nitrogens is 3. The molecule has 2 heterocycles. The van der Waals surface area contributed by atoms with E-state index in [1.165, 1.54) is 13.2 Å². The summed E-state index contributed by atoms with van der Waals surface area (Å²) in [4.78, 5) is 12.7. The molecule has 0 aliphatic rings. The van der Waals surface area contributed by atoms with E-state index in [-0.39, 0.29) is 22.3 Å². The maximum absolute atomic E-state index is 12.9. The van der Waals surface area contributed by atoms with Crippen molar-refractivity contribution in [3.8, 4) is 16.9 Å². The van der Waals surface area contributed by atoms with Gasteiger partial charge in [0, 0.05) is 7.05 Å². The molecule has 3 aromatic rings. The standard InChI is InChI=1S/C16H14F3N3O2/c1-9-5-3-4-6-10(9)12-13(23)11-7-20-21(2)14(11)22(15(12)24)8-16(17,18)19/h3-7,23H,8H2,1-2H3. The van der Waals surface area contributed by atoms with Crippen molar-refractivity contribution >= 4 is 11.0 Å². The molecule has 3 rings (SSSR count). The fourth-order valence-electron chi connectivity index (χ4n) is 2.81. The molecule has 0 amide bonds. The van der Waals surface area contributed by atoms with Crippen LogP contribution in [0.3, 0.4) is 0 Å². The second-order valence-electron chi connectivity index (χ2n) is 5.55. The number of alkyl halides is 3. The topological polar surface area (TPSA) is 60.1 Å². The molecule has 0 atom stereocenters. The third-order valence-corrected chi connectivity index (χ3v) is 3.87. The molecule has 0 fully saturated rings. The van der Waals surface area contributed by atoms with Crippen molar-refractivity contribution in [2.45, 2.75) is 19.6 Å². The van der Waals surface area contributed by atoms with Crippen molar-refractivity contribution < 1.29 is 18.3 Å². The summed E-state index contributed by atoms with van der Waals surface area (Å²) >= 11 is 0. The van der Waals surface area contributed by atoms with Gasteiger partial charge in [-0.3, -0.25) is 14.0 Å². The first-order valence-corrected chi connectivity index (χ1v) is 7.11. The number of hydrogen-bond donors (Lipinski definition) is 1. The summed E-state index contributed by atoms with van der Waals surface area (Å²) in [5.74, 6) is -0.365. The van der Waals surface area contributed by atoms with E-state index in [4.69, 9.17) is 0 Å². The summed E-state index contributed by atoms with van der Waals surface area (Å²) in [6.07, 6.45) is -3.33. The summed E-state index contributed by atoms with van der Waals surface area (Å²) in [5, 5.41) is 14.5. The van der Waals surface area contributed by atoms with Gasteiger partial charge >= 0.3 is 6.18 Å². The lowest BCUT2D eigenvalue weighted by Crippen LogP contribution is -2.30. The number of fused-ring (bicyclic) bond motifs is 1. The predicted molar refractivity (Wildman–Crippen MR) is 82.9 cm³/mol. The van der Waals surface area contributed by atoms with Gasteiger partial charge in [-0.2, -0.15) is 18.3 Å². The Morgan fingerprint density at radius 3 is 2.54 bits per heavy atom. The summed E-state index contributed by atoms with van der Waals surface area (Å²) < 4.78 is 40.6. The number of hydrogen-bond acceptors (Lipinski definition) is 3. The van der Waals surface area contributed by atoms with Gasteiger partial charge in [-0.25, -0.2) is 0 Å². The van der Waals surface area contributed by atoms with Gasteiger partial charge in [0.1, 0.15) is 17.9 Å². The van der Waals surface area contributed by atoms with Gasteiger partial charge in [0.15, 0.2) is 0 Å². The molecule has 0 spiro atoms. The Balaban J connectivity index is 2.44. The molecular weight excluding hydrogens is 323 g/mol. The highest BCUT2D eigenvalue weighted by atomic mass is 19.4. The Hall–Kier alpha value is -2.77. The fourth-order valence-corrected chi connectivity index (χ4v) is 2.81. The van der Waals surface area contributed by atoms with Crippen LogP contribution in [0.25, 0.3) is 22.2 Å². The van der Waals surface area contributed by atoms with Crippen molar-refractivity contribution in [2.24, 2.45) is 7.05 Å². The molecule has 1 aromatic carbocycles. The number of nitrogens with zero attached hydrogens (tertiary/aromatic N) is 3. The number of rotatable bonds is 2. The molecule has 126 valence electrons. The lowest BCUT2D eigenvalue weighted by molar-refractivity contribution is -0.140. The molecule has 1 N–H and O–H groups in total. The van der Waals surface area contributed by atoms with Crippen LogP contribution in [0.15, 0.2) is 35.3 Å². The van der Waals surface area contributed by atoms with Crippen LogP contribution in [0.5, 0.6) is 5.75 Å². The second kappa shape index (κ2) is 5.40. The van der Waals surface area contributed by atoms with Crippen LogP contribution in [-0.2, 0) is 13.6 Å². The molecule has 0 radical (unpaired) electrons. The summed E-state index contributed by atoms with van der Waals surface area (Å²) in [5.41, 5.74) is -0.0754. The molecule has 0 bridgehead atoms. The van der Waals surface area contributed by atoms with E-state index in [9.17, 15) is 23.1 Å². The van der Waals surface area contributed by atoms with Crippen molar-refractivity contribution in [2.75, 3.05) is 0 Å². The predicted octanol–water partition coefficient (Wildman–Crippen LogP) is 2.98. The van der Waals surface area contributed by atoms with E-state index < -0.39 is 18.3 Å². The van der Waals surface area contributed by atoms with E-state index in [1.54, 1.807) is 31.2 Å². The Labute approximate surface area is 134 Å². The average molecular weight is 337 g/mol. The van der Waals surface area contributed by atoms with Crippen LogP contribution in [0.4, 0.5) is 13.2 Å². The smallest absolute Gasteiger partial charge is 0.406 e. The zero-order valence-corrected chi connectivity index (χ0v) is 12.9. The average Bonchev–Trinajstić information content (AvgIpc) is 2.87. The quantitative estimate of drug-likeness (QED) is 0.782. The summed E-state index contributed by atoms with van der Waals surface area (Å²) in [6.45, 7) is 0.261. The third kappa shape index (κ3) is 2.53. The van der Waals surface area contributed by atoms with Gasteiger partial charge in [0.05, 0.1) is 17.1 Å². The lowest BCUT2D eigenvalue weighted by Gasteiger charge is -2.16. The zero-order chi connectivity index (χ0) is 17.6. The van der Waals surface area contributed by atoms with Crippen LogP contribution < -0.4 is 5.56 Å². The van der Waals surface area contributed by atoms with Crippen molar-refractivity contribution in [1.29, 1.82) is 0 Å². The first-order valence-electron chi connectivity index (χ1n) is 7.11. The monoisotopic (exact) mass is 337 g/mol. The molecule has 0 saturated heterocycles. The number of aromatic hydroxyl groups is 1. The van der Waals surface area contributed by atoms with E-state index in [0.717, 1.165) is 4.68 Å². The minimum absolute atomic E-state index is 0.0767. The van der Waals surface area contributed by atoms with E-state index in [2.05, 4.69) is 5.10 Å². The first-order chi connectivity index (χ1) is 11.2. The van der Waals surface area contributed by atoms with Crippen LogP contribution in [0.1, 0.15) is 5.56 Å². The Bertz CT molecular complexity index is 987. The lowest BCUT2D eigenvalue weighted by atomic mass is 10.00. The Kier molecular flexibility index (Phi) is 3.62. The number of aryl methyl sites for hydroxylation is 2. The molecule has 0 unspecified atom stereocenters. The van der Waals surface area contributed by atoms with Crippen molar-refractivity contribution in [3.05, 3.63) is 46.4 Å². The first kappa shape index (κ1) is 16.1. The molecular formula is C16H14F3N3O2. The van der Waals surface area contributed by atoms with Gasteiger partial charge in [-0.05, 0) is 18.1 Å². The largest absolute Gasteiger partial charge is 0.506 e. The molecule has 8 heteroatoms. The van der Waals surface area contributed by atoms with Crippen LogP contribution >= 0.6 is 0 Å². The maximum atomic E-state index is 12.9. The van der Waals surface area contributed by atoms with Crippen molar-refractivity contribution in [3.63, 3.8) is 0 Å². The third-order valence-electron chi connectivity index (χ3n) is 3.87. The summed E-state index contributed by atoms with van der Waals surface area (Å²) in [7, 11) is 1.42. The SMILES string of the molecule is Cc1ccccc1-c1c(O)c2cnn(C)c2n(CC(F)(F)F)c1=O. The second-order valence-corrected chi connectivity index (χ2v) is 5.55. The fraction of sp³-hybridized carbons (Fsp3) is 0.250. The minimum Gasteiger partial charge on any atom is -0.506 e. The van der Waals surface area contributed by atoms with Crippen LogP contribution in [0.2, 0.25) is 0 Å². The van der Waals surface area contributed by atoms with Gasteiger partial charge in [-0.1, -0.05) is 24.3 Å². The maximum Gasteiger partial charge on any atom is 0.406 e. The number of benzene rings is 1.